The monoisotopic (exact) mass is 280 g/mol. The van der Waals surface area contributed by atoms with E-state index in [9.17, 15) is 4.79 Å². The summed E-state index contributed by atoms with van der Waals surface area (Å²) in [5.41, 5.74) is 0. The van der Waals surface area contributed by atoms with E-state index in [0.717, 1.165) is 32.7 Å². The lowest BCUT2D eigenvalue weighted by atomic mass is 10.1. The van der Waals surface area contributed by atoms with Gasteiger partial charge >= 0.3 is 0 Å². The minimum atomic E-state index is -0.00904. The van der Waals surface area contributed by atoms with E-state index in [1.165, 1.54) is 0 Å². The lowest BCUT2D eigenvalue weighted by Crippen LogP contribution is -2.58. The smallest absolute Gasteiger partial charge is 0.289 e. The predicted octanol–water partition coefficient (Wildman–Crippen LogP) is 1.85. The molecule has 112 valence electrons. The molecule has 1 fully saturated rings. The van der Waals surface area contributed by atoms with E-state index in [1.54, 1.807) is 25.5 Å². The summed E-state index contributed by atoms with van der Waals surface area (Å²) in [5, 5.41) is 0. The molecule has 2 heterocycles. The van der Waals surface area contributed by atoms with E-state index in [4.69, 9.17) is 9.15 Å². The largest absolute Gasteiger partial charge is 0.459 e. The molecule has 2 rings (SSSR count). The summed E-state index contributed by atoms with van der Waals surface area (Å²) >= 11 is 0. The van der Waals surface area contributed by atoms with Crippen molar-refractivity contribution in [2.75, 3.05) is 33.4 Å². The molecule has 0 bridgehead atoms. The van der Waals surface area contributed by atoms with Crippen molar-refractivity contribution in [2.45, 2.75) is 32.4 Å². The van der Waals surface area contributed by atoms with Gasteiger partial charge in [0.1, 0.15) is 0 Å². The van der Waals surface area contributed by atoms with Crippen LogP contribution >= 0.6 is 0 Å². The first kappa shape index (κ1) is 15.1. The van der Waals surface area contributed by atoms with Crippen molar-refractivity contribution >= 4 is 5.91 Å². The summed E-state index contributed by atoms with van der Waals surface area (Å²) < 4.78 is 10.3. The summed E-state index contributed by atoms with van der Waals surface area (Å²) in [6, 6.07) is 4.19. The number of carbonyl (C=O) groups is 1. The molecule has 0 aliphatic carbocycles. The Morgan fingerprint density at radius 1 is 1.40 bits per heavy atom. The molecule has 1 aliphatic heterocycles. The molecule has 2 unspecified atom stereocenters. The summed E-state index contributed by atoms with van der Waals surface area (Å²) in [4.78, 5) is 16.7. The van der Waals surface area contributed by atoms with Crippen LogP contribution in [0.5, 0.6) is 0 Å². The molecule has 1 aromatic heterocycles. The highest BCUT2D eigenvalue weighted by Gasteiger charge is 2.32. The Balaban J connectivity index is 1.93. The fraction of sp³-hybridized carbons (Fsp3) is 0.667. The van der Waals surface area contributed by atoms with E-state index >= 15 is 0 Å². The quantitative estimate of drug-likeness (QED) is 0.772. The van der Waals surface area contributed by atoms with Gasteiger partial charge in [0.05, 0.1) is 6.26 Å². The van der Waals surface area contributed by atoms with Gasteiger partial charge in [-0.3, -0.25) is 9.69 Å². The minimum absolute atomic E-state index is 0.00904. The average molecular weight is 280 g/mol. The number of methoxy groups -OCH3 is 1. The van der Waals surface area contributed by atoms with E-state index in [0.29, 0.717) is 17.8 Å². The maximum Gasteiger partial charge on any atom is 0.289 e. The van der Waals surface area contributed by atoms with Crippen LogP contribution in [0.4, 0.5) is 0 Å². The van der Waals surface area contributed by atoms with Crippen molar-refractivity contribution in [2.24, 2.45) is 0 Å². The highest BCUT2D eigenvalue weighted by molar-refractivity contribution is 5.91. The van der Waals surface area contributed by atoms with Gasteiger partial charge in [-0.2, -0.15) is 0 Å². The van der Waals surface area contributed by atoms with Crippen molar-refractivity contribution in [3.05, 3.63) is 24.2 Å². The van der Waals surface area contributed by atoms with Crippen molar-refractivity contribution < 1.29 is 13.9 Å². The van der Waals surface area contributed by atoms with Crippen LogP contribution in [0.3, 0.4) is 0 Å². The summed E-state index contributed by atoms with van der Waals surface area (Å²) in [7, 11) is 1.73. The van der Waals surface area contributed by atoms with Crippen LogP contribution in [0.1, 0.15) is 30.8 Å². The van der Waals surface area contributed by atoms with Crippen LogP contribution in [0.15, 0.2) is 22.8 Å². The molecule has 0 spiro atoms. The van der Waals surface area contributed by atoms with Crippen LogP contribution < -0.4 is 0 Å². The molecule has 1 aliphatic rings. The van der Waals surface area contributed by atoms with Gasteiger partial charge in [-0.15, -0.1) is 0 Å². The topological polar surface area (TPSA) is 45.9 Å². The van der Waals surface area contributed by atoms with Gasteiger partial charge in [0.15, 0.2) is 5.76 Å². The van der Waals surface area contributed by atoms with Gasteiger partial charge in [0, 0.05) is 45.4 Å². The van der Waals surface area contributed by atoms with E-state index < -0.39 is 0 Å². The number of carbonyl (C=O) groups excluding carboxylic acids is 1. The third-order valence-corrected chi connectivity index (χ3v) is 3.89. The molecule has 1 saturated heterocycles. The average Bonchev–Trinajstić information content (AvgIpc) is 2.95. The van der Waals surface area contributed by atoms with E-state index in [-0.39, 0.29) is 5.91 Å². The van der Waals surface area contributed by atoms with Gasteiger partial charge in [-0.25, -0.2) is 0 Å². The molecule has 5 nitrogen and oxygen atoms in total. The minimum Gasteiger partial charge on any atom is -0.459 e. The maximum absolute atomic E-state index is 12.3. The van der Waals surface area contributed by atoms with Crippen molar-refractivity contribution in [1.29, 1.82) is 0 Å². The first-order chi connectivity index (χ1) is 9.63. The van der Waals surface area contributed by atoms with E-state index in [1.807, 2.05) is 4.90 Å². The first-order valence-corrected chi connectivity index (χ1v) is 7.21. The molecule has 0 radical (unpaired) electrons. The normalized spacial score (nSPS) is 24.1. The lowest BCUT2D eigenvalue weighted by molar-refractivity contribution is 0.0251. The summed E-state index contributed by atoms with van der Waals surface area (Å²) in [6.07, 6.45) is 2.57. The zero-order valence-electron chi connectivity index (χ0n) is 12.5. The van der Waals surface area contributed by atoms with Gasteiger partial charge in [0.25, 0.3) is 5.91 Å². The Morgan fingerprint density at radius 2 is 2.10 bits per heavy atom. The van der Waals surface area contributed by atoms with Crippen LogP contribution in [-0.4, -0.2) is 61.1 Å². The Hall–Kier alpha value is -1.33. The van der Waals surface area contributed by atoms with Crippen molar-refractivity contribution in [1.82, 2.24) is 9.80 Å². The number of rotatable bonds is 5. The zero-order chi connectivity index (χ0) is 14.5. The number of amides is 1. The Morgan fingerprint density at radius 3 is 2.65 bits per heavy atom. The lowest BCUT2D eigenvalue weighted by Gasteiger charge is -2.44. The summed E-state index contributed by atoms with van der Waals surface area (Å²) in [5.74, 6) is 0.419. The van der Waals surface area contributed by atoms with E-state index in [2.05, 4.69) is 18.7 Å². The summed E-state index contributed by atoms with van der Waals surface area (Å²) in [6.45, 7) is 7.63. The molecule has 1 aromatic rings. The molecule has 20 heavy (non-hydrogen) atoms. The molecular weight excluding hydrogens is 256 g/mol. The SMILES string of the molecule is COCCCN1C(C)CN(C(=O)c2ccco2)CC1C. The second-order valence-corrected chi connectivity index (χ2v) is 5.47. The number of piperazine rings is 1. The first-order valence-electron chi connectivity index (χ1n) is 7.21. The number of nitrogens with zero attached hydrogens (tertiary/aromatic N) is 2. The fourth-order valence-electron chi connectivity index (χ4n) is 2.91. The highest BCUT2D eigenvalue weighted by Crippen LogP contribution is 2.18. The van der Waals surface area contributed by atoms with Crippen LogP contribution in [0.25, 0.3) is 0 Å². The number of furan rings is 1. The van der Waals surface area contributed by atoms with Gasteiger partial charge in [-0.1, -0.05) is 0 Å². The zero-order valence-corrected chi connectivity index (χ0v) is 12.5. The van der Waals surface area contributed by atoms with Gasteiger partial charge in [0.2, 0.25) is 0 Å². The second-order valence-electron chi connectivity index (χ2n) is 5.47. The van der Waals surface area contributed by atoms with Crippen LogP contribution in [-0.2, 0) is 4.74 Å². The Bertz CT molecular complexity index is 407. The number of hydrogen-bond acceptors (Lipinski definition) is 4. The Labute approximate surface area is 120 Å². The van der Waals surface area contributed by atoms with Crippen molar-refractivity contribution in [3.8, 4) is 0 Å². The molecule has 5 heteroatoms. The molecule has 0 aromatic carbocycles. The van der Waals surface area contributed by atoms with Gasteiger partial charge < -0.3 is 14.1 Å². The number of ether oxygens (including phenoxy) is 1. The second kappa shape index (κ2) is 6.90. The fourth-order valence-corrected chi connectivity index (χ4v) is 2.91. The van der Waals surface area contributed by atoms with Crippen LogP contribution in [0.2, 0.25) is 0 Å². The third kappa shape index (κ3) is 3.41. The molecular formula is C15H24N2O3. The number of hydrogen-bond donors (Lipinski definition) is 0. The molecule has 0 N–H and O–H groups in total. The highest BCUT2D eigenvalue weighted by atomic mass is 16.5. The third-order valence-electron chi connectivity index (χ3n) is 3.89. The maximum atomic E-state index is 12.3. The van der Waals surface area contributed by atoms with Crippen LogP contribution in [0, 0.1) is 0 Å². The Kier molecular flexibility index (Phi) is 5.20. The molecule has 1 amide bonds. The van der Waals surface area contributed by atoms with Gasteiger partial charge in [-0.05, 0) is 32.4 Å². The van der Waals surface area contributed by atoms with Crippen molar-refractivity contribution in [3.63, 3.8) is 0 Å². The predicted molar refractivity (Wildman–Crippen MR) is 76.7 cm³/mol. The molecule has 2 atom stereocenters. The molecule has 0 saturated carbocycles. The standard InChI is InChI=1S/C15H24N2O3/c1-12-10-16(15(18)14-6-4-9-20-14)11-13(2)17(12)7-5-8-19-3/h4,6,9,12-13H,5,7-8,10-11H2,1-3H3.